The summed E-state index contributed by atoms with van der Waals surface area (Å²) in [5.74, 6) is -2.28. The Labute approximate surface area is 400 Å². The molecule has 0 aliphatic rings. The fraction of sp³-hybridized carbons (Fsp3) is 0.238. The molecule has 360 valence electrons. The van der Waals surface area contributed by atoms with E-state index in [-0.39, 0.29) is 73.1 Å². The number of rotatable bonds is 9. The highest BCUT2D eigenvalue weighted by Gasteiger charge is 2.38. The van der Waals surface area contributed by atoms with Crippen molar-refractivity contribution in [2.75, 3.05) is 18.4 Å². The molecule has 2 amide bonds. The molecule has 26 heteroatoms. The summed E-state index contributed by atoms with van der Waals surface area (Å²) < 4.78 is 86.7. The third-order valence-corrected chi connectivity index (χ3v) is 9.93. The third kappa shape index (κ3) is 12.9. The molecular weight excluding hydrogens is 996 g/mol. The van der Waals surface area contributed by atoms with E-state index in [1.165, 1.54) is 61.8 Å². The van der Waals surface area contributed by atoms with E-state index in [0.717, 1.165) is 4.68 Å². The smallest absolute Gasteiger partial charge is 0.401 e. The number of pyridine rings is 2. The molecule has 5 heterocycles. The van der Waals surface area contributed by atoms with Gasteiger partial charge in [-0.2, -0.15) is 36.5 Å². The minimum atomic E-state index is -4.84. The molecule has 0 saturated heterocycles. The van der Waals surface area contributed by atoms with Crippen LogP contribution >= 0.6 is 46.4 Å². The zero-order valence-corrected chi connectivity index (χ0v) is 38.5. The molecule has 2 atom stereocenters. The normalized spacial score (nSPS) is 12.4. The Balaban J connectivity index is 0.000000233. The number of benzene rings is 2. The van der Waals surface area contributed by atoms with Gasteiger partial charge in [0.1, 0.15) is 11.4 Å². The van der Waals surface area contributed by atoms with Crippen molar-refractivity contribution >= 4 is 74.8 Å². The summed E-state index contributed by atoms with van der Waals surface area (Å²) in [5.41, 5.74) is 1.98. The number of amides is 2. The van der Waals surface area contributed by atoms with Crippen LogP contribution < -0.4 is 22.0 Å². The highest BCUT2D eigenvalue weighted by molar-refractivity contribution is 6.33. The first-order chi connectivity index (χ1) is 31.8. The molecule has 6 N–H and O–H groups in total. The van der Waals surface area contributed by atoms with Crippen LogP contribution in [-0.2, 0) is 12.4 Å². The standard InChI is InChI=1S/C21H18Cl2F3N5O3.C18H9Cl2F3N4O2.C3H9NO/c1-10-6-12(22)7-13(19(33)28-9-11(2)32)17(10)29-20(34)15-8-16(21(24,25)26)30-31(15)18-14(23)4-3-5-27-18;1-8-5-9(19)6-10-14(8)25-16(29-17(10)28)12-7-13(18(21,22)23)26-27(12)15-11(20)3-2-4-24-15;1-3(5)2-4/h3-8,11,32H,9H2,1-2H3,(H,28,33)(H,29,34);2-7H,1H3;3,5H,2,4H2,1H3. The van der Waals surface area contributed by atoms with Crippen molar-refractivity contribution in [3.05, 3.63) is 137 Å². The van der Waals surface area contributed by atoms with Crippen molar-refractivity contribution < 1.29 is 50.6 Å². The quantitative estimate of drug-likeness (QED) is 0.0856. The number of hydrogen-bond donors (Lipinski definition) is 5. The average Bonchev–Trinajstić information content (AvgIpc) is 3.92. The van der Waals surface area contributed by atoms with Crippen molar-refractivity contribution in [2.45, 2.75) is 52.3 Å². The van der Waals surface area contributed by atoms with E-state index in [9.17, 15) is 45.8 Å². The van der Waals surface area contributed by atoms with Gasteiger partial charge in [-0.15, -0.1) is 0 Å². The Hall–Kier alpha value is -6.14. The number of hydrogen-bond acceptors (Lipinski definition) is 12. The van der Waals surface area contributed by atoms with Crippen LogP contribution in [-0.4, -0.2) is 81.8 Å². The SMILES string of the molecule is CC(O)CN.Cc1cc(Cl)cc(C(=O)NCC(C)O)c1NC(=O)c1cc(C(F)(F)F)nn1-c1ncccc1Cl.Cc1cc(Cl)cc2c(=O)oc(-c3cc(C(F)(F)F)nn3-c3ncccc3Cl)nc12. The van der Waals surface area contributed by atoms with E-state index in [0.29, 0.717) is 39.5 Å². The fourth-order valence-corrected chi connectivity index (χ4v) is 6.71. The molecule has 7 rings (SSSR count). The summed E-state index contributed by atoms with van der Waals surface area (Å²) in [6.07, 6.45) is -8.14. The molecule has 0 radical (unpaired) electrons. The first kappa shape index (κ1) is 52.8. The van der Waals surface area contributed by atoms with Gasteiger partial charge in [-0.1, -0.05) is 46.4 Å². The van der Waals surface area contributed by atoms with Crippen LogP contribution in [0.2, 0.25) is 20.1 Å². The summed E-state index contributed by atoms with van der Waals surface area (Å²) >= 11 is 24.2. The Morgan fingerprint density at radius 2 is 1.31 bits per heavy atom. The number of carbonyl (C=O) groups is 2. The number of aryl methyl sites for hydroxylation is 2. The van der Waals surface area contributed by atoms with Gasteiger partial charge in [0.2, 0.25) is 5.89 Å². The largest absolute Gasteiger partial charge is 0.435 e. The lowest BCUT2D eigenvalue weighted by atomic mass is 10.1. The maximum atomic E-state index is 13.4. The maximum absolute atomic E-state index is 13.4. The number of halogens is 10. The summed E-state index contributed by atoms with van der Waals surface area (Å²) in [6.45, 7) is 6.63. The lowest BCUT2D eigenvalue weighted by molar-refractivity contribution is -0.142. The number of alkyl halides is 6. The molecule has 2 aromatic carbocycles. The van der Waals surface area contributed by atoms with Gasteiger partial charge in [-0.25, -0.2) is 29.1 Å². The van der Waals surface area contributed by atoms with Crippen LogP contribution in [0.5, 0.6) is 0 Å². The number of aliphatic hydroxyl groups excluding tert-OH is 2. The Morgan fingerprint density at radius 3 is 1.85 bits per heavy atom. The minimum absolute atomic E-state index is 0.0194. The highest BCUT2D eigenvalue weighted by atomic mass is 35.5. The van der Waals surface area contributed by atoms with E-state index >= 15 is 0 Å². The fourth-order valence-electron chi connectivity index (χ4n) is 5.76. The van der Waals surface area contributed by atoms with E-state index < -0.39 is 53.0 Å². The molecule has 0 bridgehead atoms. The number of carbonyl (C=O) groups excluding carboxylic acids is 2. The molecule has 0 saturated carbocycles. The number of aliphatic hydroxyl groups is 2. The second-order valence-corrected chi connectivity index (χ2v) is 16.1. The molecule has 5 aromatic heterocycles. The van der Waals surface area contributed by atoms with Gasteiger partial charge in [0.25, 0.3) is 11.8 Å². The van der Waals surface area contributed by atoms with Gasteiger partial charge in [0.15, 0.2) is 23.0 Å². The van der Waals surface area contributed by atoms with Crippen molar-refractivity contribution in [3.63, 3.8) is 0 Å². The lowest BCUT2D eigenvalue weighted by Crippen LogP contribution is -2.31. The summed E-state index contributed by atoms with van der Waals surface area (Å²) in [7, 11) is 0. The van der Waals surface area contributed by atoms with E-state index in [1.807, 2.05) is 0 Å². The predicted molar refractivity (Wildman–Crippen MR) is 241 cm³/mol. The van der Waals surface area contributed by atoms with Crippen LogP contribution in [0, 0.1) is 13.8 Å². The molecule has 16 nitrogen and oxygen atoms in total. The van der Waals surface area contributed by atoms with Gasteiger partial charge < -0.3 is 31.0 Å². The van der Waals surface area contributed by atoms with E-state index in [2.05, 4.69) is 35.8 Å². The van der Waals surface area contributed by atoms with Gasteiger partial charge in [-0.05, 0) is 87.4 Å². The topological polar surface area (TPSA) is 229 Å². The number of nitrogens with two attached hydrogens (primary N) is 1. The predicted octanol–water partition coefficient (Wildman–Crippen LogP) is 8.66. The monoisotopic (exact) mass is 1030 g/mol. The first-order valence-corrected chi connectivity index (χ1v) is 20.9. The molecule has 0 aliphatic heterocycles. The minimum Gasteiger partial charge on any atom is -0.401 e. The zero-order valence-electron chi connectivity index (χ0n) is 35.5. The van der Waals surface area contributed by atoms with Crippen LogP contribution in [0.4, 0.5) is 32.0 Å². The molecule has 68 heavy (non-hydrogen) atoms. The average molecular weight is 1030 g/mol. The van der Waals surface area contributed by atoms with Crippen molar-refractivity contribution in [2.24, 2.45) is 5.73 Å². The van der Waals surface area contributed by atoms with Crippen LogP contribution in [0.15, 0.2) is 82.3 Å². The number of fused-ring (bicyclic) bond motifs is 1. The van der Waals surface area contributed by atoms with E-state index in [1.54, 1.807) is 26.8 Å². The Morgan fingerprint density at radius 1 is 0.779 bits per heavy atom. The van der Waals surface area contributed by atoms with Gasteiger partial charge >= 0.3 is 18.0 Å². The van der Waals surface area contributed by atoms with Gasteiger partial charge in [-0.3, -0.25) is 9.59 Å². The number of nitrogens with one attached hydrogen (secondary N) is 2. The summed E-state index contributed by atoms with van der Waals surface area (Å²) in [5, 5.41) is 30.3. The van der Waals surface area contributed by atoms with Crippen LogP contribution in [0.25, 0.3) is 34.1 Å². The van der Waals surface area contributed by atoms with Crippen LogP contribution in [0.1, 0.15) is 57.2 Å². The molecular formula is C42H36Cl4F6N10O6. The highest BCUT2D eigenvalue weighted by Crippen LogP contribution is 2.35. The zero-order chi connectivity index (χ0) is 50.4. The number of aromatic nitrogens is 7. The van der Waals surface area contributed by atoms with Crippen molar-refractivity contribution in [1.29, 1.82) is 0 Å². The third-order valence-electron chi connectivity index (χ3n) is 8.90. The van der Waals surface area contributed by atoms with Gasteiger partial charge in [0, 0.05) is 47.7 Å². The van der Waals surface area contributed by atoms with Crippen molar-refractivity contribution in [3.8, 4) is 23.2 Å². The molecule has 0 fully saturated rings. The number of anilines is 1. The Kier molecular flexibility index (Phi) is 17.0. The summed E-state index contributed by atoms with van der Waals surface area (Å²) in [4.78, 5) is 50.3. The first-order valence-electron chi connectivity index (χ1n) is 19.4. The second-order valence-electron chi connectivity index (χ2n) is 14.4. The lowest BCUT2D eigenvalue weighted by Gasteiger charge is -2.16. The Bertz CT molecular complexity index is 3030. The maximum Gasteiger partial charge on any atom is 0.435 e. The second kappa shape index (κ2) is 21.9. The van der Waals surface area contributed by atoms with Crippen LogP contribution in [0.3, 0.4) is 0 Å². The van der Waals surface area contributed by atoms with E-state index in [4.69, 9.17) is 61.7 Å². The molecule has 0 spiro atoms. The molecule has 7 aromatic rings. The number of nitrogens with zero attached hydrogens (tertiary/aromatic N) is 7. The summed E-state index contributed by atoms with van der Waals surface area (Å²) in [6, 6.07) is 12.8. The molecule has 2 unspecified atom stereocenters. The molecule has 0 aliphatic carbocycles. The van der Waals surface area contributed by atoms with Crippen molar-refractivity contribution in [1.82, 2.24) is 39.8 Å². The van der Waals surface area contributed by atoms with Gasteiger partial charge in [0.05, 0.1) is 44.4 Å².